The van der Waals surface area contributed by atoms with Gasteiger partial charge >= 0.3 is 0 Å². The van der Waals surface area contributed by atoms with Crippen LogP contribution in [-0.2, 0) is 0 Å². The number of hydrogen-bond acceptors (Lipinski definition) is 4. The third kappa shape index (κ3) is 3.40. The Bertz CT molecular complexity index is 485. The second kappa shape index (κ2) is 6.31. The fourth-order valence-corrected chi connectivity index (χ4v) is 1.52. The summed E-state index contributed by atoms with van der Waals surface area (Å²) in [5.74, 6) is 0.641. The standard InChI is InChI=1S/C13H14ClN3O/c1-2-3-6-18-12-5-4-10(7-15-12)11-8-16-13(14)17-9-11/h4-5,7-9H,2-3,6H2,1H3. The lowest BCUT2D eigenvalue weighted by atomic mass is 10.1. The van der Waals surface area contributed by atoms with Crippen molar-refractivity contribution < 1.29 is 4.74 Å². The Morgan fingerprint density at radius 2 is 1.78 bits per heavy atom. The van der Waals surface area contributed by atoms with Gasteiger partial charge in [-0.05, 0) is 24.1 Å². The zero-order chi connectivity index (χ0) is 12.8. The molecular weight excluding hydrogens is 250 g/mol. The van der Waals surface area contributed by atoms with Gasteiger partial charge in [0, 0.05) is 35.8 Å². The molecule has 2 aromatic rings. The molecule has 0 radical (unpaired) electrons. The van der Waals surface area contributed by atoms with Crippen molar-refractivity contribution in [3.05, 3.63) is 36.0 Å². The number of halogens is 1. The molecule has 0 saturated carbocycles. The van der Waals surface area contributed by atoms with E-state index in [1.807, 2.05) is 12.1 Å². The zero-order valence-electron chi connectivity index (χ0n) is 10.1. The number of hydrogen-bond donors (Lipinski definition) is 0. The van der Waals surface area contributed by atoms with Gasteiger partial charge in [-0.25, -0.2) is 15.0 Å². The molecule has 0 aliphatic rings. The van der Waals surface area contributed by atoms with Crippen LogP contribution in [0, 0.1) is 0 Å². The van der Waals surface area contributed by atoms with Gasteiger partial charge in [0.15, 0.2) is 0 Å². The van der Waals surface area contributed by atoms with Gasteiger partial charge in [0.25, 0.3) is 0 Å². The normalized spacial score (nSPS) is 10.3. The van der Waals surface area contributed by atoms with Crippen molar-refractivity contribution >= 4 is 11.6 Å². The van der Waals surface area contributed by atoms with E-state index in [1.165, 1.54) is 0 Å². The Hall–Kier alpha value is -1.68. The average Bonchev–Trinajstić information content (AvgIpc) is 2.41. The number of aromatic nitrogens is 3. The summed E-state index contributed by atoms with van der Waals surface area (Å²) < 4.78 is 5.49. The third-order valence-electron chi connectivity index (χ3n) is 2.44. The molecule has 2 rings (SSSR count). The number of rotatable bonds is 5. The summed E-state index contributed by atoms with van der Waals surface area (Å²) in [5.41, 5.74) is 1.82. The molecule has 0 aromatic carbocycles. The minimum Gasteiger partial charge on any atom is -0.478 e. The van der Waals surface area contributed by atoms with Crippen molar-refractivity contribution in [3.8, 4) is 17.0 Å². The lowest BCUT2D eigenvalue weighted by Gasteiger charge is -2.05. The van der Waals surface area contributed by atoms with E-state index in [0.29, 0.717) is 12.5 Å². The van der Waals surface area contributed by atoms with Crippen LogP contribution in [0.4, 0.5) is 0 Å². The van der Waals surface area contributed by atoms with Gasteiger partial charge in [0.1, 0.15) is 0 Å². The van der Waals surface area contributed by atoms with E-state index >= 15 is 0 Å². The molecule has 94 valence electrons. The maximum Gasteiger partial charge on any atom is 0.222 e. The smallest absolute Gasteiger partial charge is 0.222 e. The molecule has 0 bridgehead atoms. The fraction of sp³-hybridized carbons (Fsp3) is 0.308. The summed E-state index contributed by atoms with van der Waals surface area (Å²) in [6.07, 6.45) is 7.23. The first-order chi connectivity index (χ1) is 8.79. The summed E-state index contributed by atoms with van der Waals surface area (Å²) in [7, 11) is 0. The number of nitrogens with zero attached hydrogens (tertiary/aromatic N) is 3. The predicted molar refractivity (Wildman–Crippen MR) is 70.7 cm³/mol. The van der Waals surface area contributed by atoms with E-state index in [4.69, 9.17) is 16.3 Å². The number of unbranched alkanes of at least 4 members (excludes halogenated alkanes) is 1. The Labute approximate surface area is 111 Å². The summed E-state index contributed by atoms with van der Waals surface area (Å²) in [6, 6.07) is 3.78. The van der Waals surface area contributed by atoms with E-state index in [2.05, 4.69) is 21.9 Å². The van der Waals surface area contributed by atoms with Crippen LogP contribution in [0.25, 0.3) is 11.1 Å². The molecule has 0 N–H and O–H groups in total. The van der Waals surface area contributed by atoms with Gasteiger partial charge in [-0.15, -0.1) is 0 Å². The van der Waals surface area contributed by atoms with Crippen molar-refractivity contribution in [3.63, 3.8) is 0 Å². The Morgan fingerprint density at radius 1 is 1.06 bits per heavy atom. The summed E-state index contributed by atoms with van der Waals surface area (Å²) in [4.78, 5) is 12.1. The lowest BCUT2D eigenvalue weighted by Crippen LogP contribution is -1.98. The highest BCUT2D eigenvalue weighted by Gasteiger charge is 2.01. The van der Waals surface area contributed by atoms with E-state index in [1.54, 1.807) is 18.6 Å². The van der Waals surface area contributed by atoms with Gasteiger partial charge in [-0.2, -0.15) is 0 Å². The molecule has 2 aromatic heterocycles. The largest absolute Gasteiger partial charge is 0.478 e. The van der Waals surface area contributed by atoms with Crippen LogP contribution in [-0.4, -0.2) is 21.6 Å². The van der Waals surface area contributed by atoms with Crippen LogP contribution in [0.1, 0.15) is 19.8 Å². The molecule has 0 spiro atoms. The number of pyridine rings is 1. The van der Waals surface area contributed by atoms with Gasteiger partial charge in [0.2, 0.25) is 11.2 Å². The van der Waals surface area contributed by atoms with E-state index in [0.717, 1.165) is 24.0 Å². The van der Waals surface area contributed by atoms with Crippen LogP contribution in [0.15, 0.2) is 30.7 Å². The maximum atomic E-state index is 5.64. The lowest BCUT2D eigenvalue weighted by molar-refractivity contribution is 0.298. The SMILES string of the molecule is CCCCOc1ccc(-c2cnc(Cl)nc2)cn1. The number of ether oxygens (including phenoxy) is 1. The van der Waals surface area contributed by atoms with Gasteiger partial charge in [0.05, 0.1) is 6.61 Å². The first kappa shape index (κ1) is 12.8. The van der Waals surface area contributed by atoms with E-state index in [-0.39, 0.29) is 5.28 Å². The van der Waals surface area contributed by atoms with Crippen LogP contribution < -0.4 is 4.74 Å². The molecule has 18 heavy (non-hydrogen) atoms. The highest BCUT2D eigenvalue weighted by molar-refractivity contribution is 6.28. The molecule has 4 nitrogen and oxygen atoms in total. The van der Waals surface area contributed by atoms with Gasteiger partial charge in [-0.3, -0.25) is 0 Å². The zero-order valence-corrected chi connectivity index (χ0v) is 10.9. The van der Waals surface area contributed by atoms with Crippen LogP contribution >= 0.6 is 11.6 Å². The molecule has 0 atom stereocenters. The Kier molecular flexibility index (Phi) is 4.47. The second-order valence-corrected chi connectivity index (χ2v) is 4.17. The van der Waals surface area contributed by atoms with Crippen molar-refractivity contribution in [1.82, 2.24) is 15.0 Å². The van der Waals surface area contributed by atoms with Crippen molar-refractivity contribution in [2.45, 2.75) is 19.8 Å². The molecule has 2 heterocycles. The molecule has 0 fully saturated rings. The maximum absolute atomic E-state index is 5.64. The second-order valence-electron chi connectivity index (χ2n) is 3.83. The highest BCUT2D eigenvalue weighted by atomic mass is 35.5. The van der Waals surface area contributed by atoms with Crippen LogP contribution in [0.3, 0.4) is 0 Å². The van der Waals surface area contributed by atoms with Crippen molar-refractivity contribution in [1.29, 1.82) is 0 Å². The molecule has 5 heteroatoms. The first-order valence-corrected chi connectivity index (χ1v) is 6.24. The summed E-state index contributed by atoms with van der Waals surface area (Å²) in [5, 5.41) is 0.242. The van der Waals surface area contributed by atoms with Gasteiger partial charge < -0.3 is 4.74 Å². The monoisotopic (exact) mass is 263 g/mol. The summed E-state index contributed by atoms with van der Waals surface area (Å²) in [6.45, 7) is 2.83. The molecule has 0 unspecified atom stereocenters. The molecule has 0 saturated heterocycles. The summed E-state index contributed by atoms with van der Waals surface area (Å²) >= 11 is 5.64. The molecule has 0 amide bonds. The van der Waals surface area contributed by atoms with Crippen LogP contribution in [0.2, 0.25) is 5.28 Å². The minimum atomic E-state index is 0.242. The molecular formula is C13H14ClN3O. The Balaban J connectivity index is 2.05. The molecule has 0 aliphatic heterocycles. The van der Waals surface area contributed by atoms with Crippen molar-refractivity contribution in [2.75, 3.05) is 6.61 Å². The Morgan fingerprint density at radius 3 is 2.39 bits per heavy atom. The fourth-order valence-electron chi connectivity index (χ4n) is 1.42. The topological polar surface area (TPSA) is 47.9 Å². The van der Waals surface area contributed by atoms with E-state index in [9.17, 15) is 0 Å². The minimum absolute atomic E-state index is 0.242. The van der Waals surface area contributed by atoms with Crippen molar-refractivity contribution in [2.24, 2.45) is 0 Å². The average molecular weight is 264 g/mol. The molecule has 0 aliphatic carbocycles. The first-order valence-electron chi connectivity index (χ1n) is 5.86. The van der Waals surface area contributed by atoms with E-state index < -0.39 is 0 Å². The van der Waals surface area contributed by atoms with Crippen LogP contribution in [0.5, 0.6) is 5.88 Å². The third-order valence-corrected chi connectivity index (χ3v) is 2.63. The quantitative estimate of drug-likeness (QED) is 0.613. The highest BCUT2D eigenvalue weighted by Crippen LogP contribution is 2.19. The predicted octanol–water partition coefficient (Wildman–Crippen LogP) is 3.37. The van der Waals surface area contributed by atoms with Gasteiger partial charge in [-0.1, -0.05) is 13.3 Å².